The van der Waals surface area contributed by atoms with Crippen molar-refractivity contribution in [3.05, 3.63) is 53.6 Å². The van der Waals surface area contributed by atoms with Crippen molar-refractivity contribution in [2.45, 2.75) is 81.6 Å². The number of nitrogens with two attached hydrogens (primary N) is 5. The molecule has 0 unspecified atom stereocenters. The second-order valence-electron chi connectivity index (χ2n) is 12.0. The molecule has 2 aromatic rings. The second kappa shape index (κ2) is 18.9. The van der Waals surface area contributed by atoms with Crippen molar-refractivity contribution in [3.63, 3.8) is 0 Å². The molecule has 1 aliphatic heterocycles. The van der Waals surface area contributed by atoms with Gasteiger partial charge in [-0.25, -0.2) is 0 Å². The molecule has 0 saturated carbocycles. The molecule has 47 heavy (non-hydrogen) atoms. The lowest BCUT2D eigenvalue weighted by Crippen LogP contribution is -2.58. The van der Waals surface area contributed by atoms with Crippen LogP contribution in [-0.4, -0.2) is 85.1 Å². The molecule has 0 fully saturated rings. The van der Waals surface area contributed by atoms with Crippen molar-refractivity contribution in [1.82, 2.24) is 21.3 Å². The molecule has 4 amide bonds. The van der Waals surface area contributed by atoms with E-state index in [0.29, 0.717) is 37.9 Å². The van der Waals surface area contributed by atoms with Gasteiger partial charge in [-0.2, -0.15) is 0 Å². The van der Waals surface area contributed by atoms with Crippen LogP contribution in [-0.2, 0) is 32.0 Å². The summed E-state index contributed by atoms with van der Waals surface area (Å²) in [6.45, 7) is 1.29. The van der Waals surface area contributed by atoms with Crippen LogP contribution in [0, 0.1) is 0 Å². The number of phenolic OH excluding ortho intramolecular Hbond substituents is 1. The number of carbonyl (C=O) groups is 4. The molecule has 14 heteroatoms. The third-order valence-electron chi connectivity index (χ3n) is 8.17. The smallest absolute Gasteiger partial charge is 0.243 e. The summed E-state index contributed by atoms with van der Waals surface area (Å²) in [6.07, 6.45) is 2.86. The van der Waals surface area contributed by atoms with Gasteiger partial charge in [-0.05, 0) is 92.5 Å². The first-order valence-electron chi connectivity index (χ1n) is 16.3. The van der Waals surface area contributed by atoms with Gasteiger partial charge in [0.1, 0.15) is 23.9 Å². The van der Waals surface area contributed by atoms with Crippen molar-refractivity contribution < 1.29 is 24.3 Å². The van der Waals surface area contributed by atoms with Crippen molar-refractivity contribution in [2.24, 2.45) is 28.7 Å². The van der Waals surface area contributed by atoms with E-state index in [1.54, 1.807) is 18.2 Å². The van der Waals surface area contributed by atoms with Crippen LogP contribution in [0.1, 0.15) is 49.7 Å². The molecule has 0 aliphatic carbocycles. The summed E-state index contributed by atoms with van der Waals surface area (Å²) < 4.78 is 0. The molecule has 15 N–H and O–H groups in total. The van der Waals surface area contributed by atoms with Crippen LogP contribution in [0.4, 0.5) is 0 Å². The highest BCUT2D eigenvalue weighted by molar-refractivity contribution is 5.95. The van der Waals surface area contributed by atoms with Crippen LogP contribution in [0.3, 0.4) is 0 Å². The highest BCUT2D eigenvalue weighted by Gasteiger charge is 2.31. The SMILES string of the molecule is NCCC[C@H](N)CNC(=O)[C@H](CCCN)NC(=O)[C@@H]1Cc2cccc(c2)-c2ccc(O)c(c2)C[C@H](N)C(=O)N[C@@H](CCCN)C(=O)N1. The Balaban J connectivity index is 1.95. The minimum absolute atomic E-state index is 0.00241. The normalized spacial score (nSPS) is 19.7. The first-order chi connectivity index (χ1) is 22.6. The molecule has 0 saturated heterocycles. The molecule has 5 atom stereocenters. The molecule has 4 bridgehead atoms. The number of fused-ring (bicyclic) bond motifs is 5. The fourth-order valence-corrected chi connectivity index (χ4v) is 5.42. The van der Waals surface area contributed by atoms with Gasteiger partial charge in [-0.15, -0.1) is 0 Å². The van der Waals surface area contributed by atoms with Gasteiger partial charge in [0.05, 0.1) is 6.04 Å². The number of amides is 4. The van der Waals surface area contributed by atoms with E-state index >= 15 is 0 Å². The van der Waals surface area contributed by atoms with Gasteiger partial charge in [0, 0.05) is 25.4 Å². The summed E-state index contributed by atoms with van der Waals surface area (Å²) in [5.74, 6) is -2.18. The minimum Gasteiger partial charge on any atom is -0.508 e. The van der Waals surface area contributed by atoms with Gasteiger partial charge >= 0.3 is 0 Å². The predicted molar refractivity (Wildman–Crippen MR) is 181 cm³/mol. The van der Waals surface area contributed by atoms with Crippen LogP contribution in [0.15, 0.2) is 42.5 Å². The first kappa shape index (κ1) is 37.4. The number of phenols is 1. The standard InChI is InChI=1S/C33H51N9O5/c34-12-2-7-24(37)19-39-31(45)26(8-3-13-35)41-33(47)28-16-20-5-1-6-21(15-20)22-10-11-29(43)23(17-22)18-25(38)30(44)40-27(9-4-14-36)32(46)42-28/h1,5-6,10-11,15,17,24-28,43H,2-4,7-9,12-14,16,18-19,34-38H2,(H,39,45)(H,40,44)(H,41,47)(H,42,46)/t24-,25-,26-,27-,28-/m0/s1. The van der Waals surface area contributed by atoms with Crippen LogP contribution < -0.4 is 49.9 Å². The van der Waals surface area contributed by atoms with E-state index in [-0.39, 0.29) is 50.6 Å². The number of carbonyl (C=O) groups excluding carboxylic acids is 4. The third kappa shape index (κ3) is 11.6. The van der Waals surface area contributed by atoms with E-state index < -0.39 is 47.8 Å². The quantitative estimate of drug-likeness (QED) is 0.114. The second-order valence-corrected chi connectivity index (χ2v) is 12.0. The number of rotatable bonds is 14. The Kier molecular flexibility index (Phi) is 15.0. The Hall–Kier alpha value is -4.08. The van der Waals surface area contributed by atoms with E-state index in [0.717, 1.165) is 23.1 Å². The zero-order chi connectivity index (χ0) is 34.3. The summed E-state index contributed by atoms with van der Waals surface area (Å²) in [7, 11) is 0. The molecule has 14 nitrogen and oxygen atoms in total. The number of benzene rings is 2. The van der Waals surface area contributed by atoms with Crippen molar-refractivity contribution >= 4 is 23.6 Å². The summed E-state index contributed by atoms with van der Waals surface area (Å²) in [5.41, 5.74) is 32.1. The molecular formula is C33H51N9O5. The fourth-order valence-electron chi connectivity index (χ4n) is 5.42. The predicted octanol–water partition coefficient (Wildman–Crippen LogP) is -1.40. The minimum atomic E-state index is -1.11. The van der Waals surface area contributed by atoms with E-state index in [9.17, 15) is 24.3 Å². The first-order valence-corrected chi connectivity index (χ1v) is 16.3. The van der Waals surface area contributed by atoms with Gasteiger partial charge in [-0.3, -0.25) is 19.2 Å². The Labute approximate surface area is 275 Å². The van der Waals surface area contributed by atoms with Crippen LogP contribution in [0.25, 0.3) is 11.1 Å². The van der Waals surface area contributed by atoms with Crippen LogP contribution in [0.2, 0.25) is 0 Å². The number of hydrogen-bond acceptors (Lipinski definition) is 10. The van der Waals surface area contributed by atoms with Crippen molar-refractivity contribution in [2.75, 3.05) is 26.2 Å². The Morgan fingerprint density at radius 1 is 0.894 bits per heavy atom. The Morgan fingerprint density at radius 2 is 1.60 bits per heavy atom. The summed E-state index contributed by atoms with van der Waals surface area (Å²) >= 11 is 0. The van der Waals surface area contributed by atoms with E-state index in [1.807, 2.05) is 24.3 Å². The van der Waals surface area contributed by atoms with Gasteiger partial charge < -0.3 is 55.0 Å². The number of nitrogens with one attached hydrogen (secondary N) is 4. The number of aromatic hydroxyl groups is 1. The molecule has 0 radical (unpaired) electrons. The summed E-state index contributed by atoms with van der Waals surface area (Å²) in [6, 6.07) is 8.08. The van der Waals surface area contributed by atoms with Gasteiger partial charge in [-0.1, -0.05) is 30.3 Å². The number of hydrogen-bond donors (Lipinski definition) is 10. The average molecular weight is 654 g/mol. The van der Waals surface area contributed by atoms with Crippen LogP contribution >= 0.6 is 0 Å². The van der Waals surface area contributed by atoms with Gasteiger partial charge in [0.25, 0.3) is 0 Å². The average Bonchev–Trinajstić information content (AvgIpc) is 3.06. The molecule has 2 aromatic carbocycles. The maximum Gasteiger partial charge on any atom is 0.243 e. The highest BCUT2D eigenvalue weighted by Crippen LogP contribution is 2.28. The maximum atomic E-state index is 13.9. The zero-order valence-corrected chi connectivity index (χ0v) is 26.9. The highest BCUT2D eigenvalue weighted by atomic mass is 16.3. The monoisotopic (exact) mass is 653 g/mol. The maximum absolute atomic E-state index is 13.9. The third-order valence-corrected chi connectivity index (χ3v) is 8.17. The van der Waals surface area contributed by atoms with E-state index in [2.05, 4.69) is 21.3 Å². The topological polar surface area (TPSA) is 267 Å². The summed E-state index contributed by atoms with van der Waals surface area (Å²) in [5, 5.41) is 21.6. The van der Waals surface area contributed by atoms with E-state index in [1.165, 1.54) is 0 Å². The van der Waals surface area contributed by atoms with Gasteiger partial charge in [0.2, 0.25) is 23.6 Å². The molecule has 1 aliphatic rings. The van der Waals surface area contributed by atoms with Crippen LogP contribution in [0.5, 0.6) is 5.75 Å². The van der Waals surface area contributed by atoms with Gasteiger partial charge in [0.15, 0.2) is 0 Å². The molecule has 1 heterocycles. The van der Waals surface area contributed by atoms with E-state index in [4.69, 9.17) is 28.7 Å². The van der Waals surface area contributed by atoms with Crippen molar-refractivity contribution in [3.8, 4) is 16.9 Å². The largest absolute Gasteiger partial charge is 0.508 e. The van der Waals surface area contributed by atoms with Crippen molar-refractivity contribution in [1.29, 1.82) is 0 Å². The summed E-state index contributed by atoms with van der Waals surface area (Å²) in [4.78, 5) is 53.9. The molecular weight excluding hydrogens is 602 g/mol. The Bertz CT molecular complexity index is 1360. The lowest BCUT2D eigenvalue weighted by atomic mass is 9.96. The molecule has 0 spiro atoms. The fraction of sp³-hybridized carbons (Fsp3) is 0.515. The zero-order valence-electron chi connectivity index (χ0n) is 26.9. The Morgan fingerprint density at radius 3 is 2.32 bits per heavy atom. The molecule has 0 aromatic heterocycles. The lowest BCUT2D eigenvalue weighted by molar-refractivity contribution is -0.134. The molecule has 3 rings (SSSR count). The lowest BCUT2D eigenvalue weighted by Gasteiger charge is -2.26. The molecule has 258 valence electrons.